The predicted molar refractivity (Wildman–Crippen MR) is 88.6 cm³/mol. The van der Waals surface area contributed by atoms with Crippen molar-refractivity contribution in [1.29, 1.82) is 0 Å². The van der Waals surface area contributed by atoms with Gasteiger partial charge in [-0.05, 0) is 45.7 Å². The highest BCUT2D eigenvalue weighted by molar-refractivity contribution is 5.28. The second-order valence-corrected chi connectivity index (χ2v) is 5.65. The first kappa shape index (κ1) is 15.8. The molecule has 1 N–H and O–H groups in total. The van der Waals surface area contributed by atoms with E-state index in [1.807, 2.05) is 7.05 Å². The molecule has 1 heterocycles. The second-order valence-electron chi connectivity index (χ2n) is 5.65. The van der Waals surface area contributed by atoms with E-state index in [0.29, 0.717) is 6.04 Å². The highest BCUT2D eigenvalue weighted by Crippen LogP contribution is 2.24. The topological polar surface area (TPSA) is 29.9 Å². The zero-order valence-corrected chi connectivity index (χ0v) is 13.7. The molecule has 1 aromatic heterocycles. The summed E-state index contributed by atoms with van der Waals surface area (Å²) in [6.07, 6.45) is 3.33. The average molecular weight is 285 g/mol. The van der Waals surface area contributed by atoms with Crippen molar-refractivity contribution in [2.45, 2.75) is 52.6 Å². The summed E-state index contributed by atoms with van der Waals surface area (Å²) in [6, 6.07) is 11.1. The molecule has 0 aliphatic rings. The third-order valence-electron chi connectivity index (χ3n) is 4.22. The number of hydrogen-bond donors (Lipinski definition) is 1. The number of nitrogens with one attached hydrogen (secondary N) is 1. The van der Waals surface area contributed by atoms with E-state index in [-0.39, 0.29) is 0 Å². The van der Waals surface area contributed by atoms with E-state index < -0.39 is 0 Å². The highest BCUT2D eigenvalue weighted by atomic mass is 15.3. The van der Waals surface area contributed by atoms with E-state index in [2.05, 4.69) is 61.1 Å². The van der Waals surface area contributed by atoms with Crippen LogP contribution in [0.3, 0.4) is 0 Å². The summed E-state index contributed by atoms with van der Waals surface area (Å²) in [6.45, 7) is 7.52. The van der Waals surface area contributed by atoms with Crippen LogP contribution in [0.1, 0.15) is 48.3 Å². The van der Waals surface area contributed by atoms with Crippen LogP contribution in [0.2, 0.25) is 0 Å². The molecule has 2 rings (SSSR count). The summed E-state index contributed by atoms with van der Waals surface area (Å²) in [5.41, 5.74) is 5.25. The van der Waals surface area contributed by atoms with Gasteiger partial charge < -0.3 is 5.32 Å². The molecule has 0 fully saturated rings. The molecule has 2 aromatic rings. The molecule has 0 saturated carbocycles. The molecule has 114 valence electrons. The quantitative estimate of drug-likeness (QED) is 0.838. The van der Waals surface area contributed by atoms with Crippen LogP contribution >= 0.6 is 0 Å². The first-order valence-corrected chi connectivity index (χ1v) is 7.92. The molecular formula is C18H27N3. The van der Waals surface area contributed by atoms with Crippen molar-refractivity contribution >= 4 is 0 Å². The molecule has 0 aliphatic heterocycles. The lowest BCUT2D eigenvalue weighted by molar-refractivity contribution is 0.550. The van der Waals surface area contributed by atoms with Crippen LogP contribution in [0.15, 0.2) is 30.3 Å². The van der Waals surface area contributed by atoms with Gasteiger partial charge in [0.25, 0.3) is 0 Å². The minimum absolute atomic E-state index is 0.410. The van der Waals surface area contributed by atoms with E-state index in [4.69, 9.17) is 5.10 Å². The van der Waals surface area contributed by atoms with Crippen LogP contribution in [0.4, 0.5) is 0 Å². The molecule has 3 heteroatoms. The molecule has 0 bridgehead atoms. The largest absolute Gasteiger partial charge is 0.313 e. The predicted octanol–water partition coefficient (Wildman–Crippen LogP) is 3.80. The number of hydrogen-bond acceptors (Lipinski definition) is 2. The Bertz CT molecular complexity index is 553. The van der Waals surface area contributed by atoms with Crippen LogP contribution in [-0.4, -0.2) is 16.8 Å². The SMILES string of the molecule is CCC(NC)c1c(C)nn(CCCc2ccccc2)c1C. The van der Waals surface area contributed by atoms with Crippen molar-refractivity contribution in [3.63, 3.8) is 0 Å². The van der Waals surface area contributed by atoms with E-state index in [9.17, 15) is 0 Å². The Kier molecular flexibility index (Phi) is 5.57. The first-order chi connectivity index (χ1) is 10.2. The molecule has 0 saturated heterocycles. The molecule has 21 heavy (non-hydrogen) atoms. The Morgan fingerprint density at radius 1 is 1.19 bits per heavy atom. The van der Waals surface area contributed by atoms with E-state index in [1.165, 1.54) is 16.8 Å². The lowest BCUT2D eigenvalue weighted by Gasteiger charge is -2.14. The van der Waals surface area contributed by atoms with E-state index in [1.54, 1.807) is 0 Å². The van der Waals surface area contributed by atoms with Gasteiger partial charge in [0.2, 0.25) is 0 Å². The number of rotatable bonds is 7. The number of aryl methyl sites for hydroxylation is 3. The molecule has 0 spiro atoms. The van der Waals surface area contributed by atoms with Gasteiger partial charge in [-0.25, -0.2) is 0 Å². The molecule has 0 radical (unpaired) electrons. The minimum atomic E-state index is 0.410. The lowest BCUT2D eigenvalue weighted by atomic mass is 10.0. The maximum absolute atomic E-state index is 4.73. The summed E-state index contributed by atoms with van der Waals surface area (Å²) >= 11 is 0. The smallest absolute Gasteiger partial charge is 0.0644 e. The zero-order chi connectivity index (χ0) is 15.2. The van der Waals surface area contributed by atoms with Crippen LogP contribution in [0, 0.1) is 13.8 Å². The Labute approximate surface area is 128 Å². The minimum Gasteiger partial charge on any atom is -0.313 e. The molecule has 1 aromatic carbocycles. The number of benzene rings is 1. The average Bonchev–Trinajstić information content (AvgIpc) is 2.78. The van der Waals surface area contributed by atoms with Crippen molar-refractivity contribution in [1.82, 2.24) is 15.1 Å². The van der Waals surface area contributed by atoms with Gasteiger partial charge in [0.1, 0.15) is 0 Å². The zero-order valence-electron chi connectivity index (χ0n) is 13.7. The Morgan fingerprint density at radius 3 is 2.52 bits per heavy atom. The molecule has 0 aliphatic carbocycles. The molecular weight excluding hydrogens is 258 g/mol. The molecule has 1 unspecified atom stereocenters. The monoisotopic (exact) mass is 285 g/mol. The summed E-state index contributed by atoms with van der Waals surface area (Å²) in [5, 5.41) is 8.13. The molecule has 3 nitrogen and oxygen atoms in total. The molecule has 0 amide bonds. The molecule has 1 atom stereocenters. The first-order valence-electron chi connectivity index (χ1n) is 7.92. The number of nitrogens with zero attached hydrogens (tertiary/aromatic N) is 2. The van der Waals surface area contributed by atoms with Crippen molar-refractivity contribution < 1.29 is 0 Å². The van der Waals surface area contributed by atoms with Crippen LogP contribution in [0.25, 0.3) is 0 Å². The fourth-order valence-electron chi connectivity index (χ4n) is 3.06. The second kappa shape index (κ2) is 7.41. The van der Waals surface area contributed by atoms with Gasteiger partial charge in [-0.2, -0.15) is 5.10 Å². The van der Waals surface area contributed by atoms with E-state index in [0.717, 1.165) is 31.5 Å². The summed E-state index contributed by atoms with van der Waals surface area (Å²) in [7, 11) is 2.03. The van der Waals surface area contributed by atoms with Gasteiger partial charge in [0.15, 0.2) is 0 Å². The highest BCUT2D eigenvalue weighted by Gasteiger charge is 2.17. The van der Waals surface area contributed by atoms with Gasteiger partial charge in [-0.15, -0.1) is 0 Å². The maximum Gasteiger partial charge on any atom is 0.0644 e. The van der Waals surface area contributed by atoms with Crippen molar-refractivity contribution in [2.24, 2.45) is 0 Å². The van der Waals surface area contributed by atoms with Gasteiger partial charge >= 0.3 is 0 Å². The van der Waals surface area contributed by atoms with Crippen LogP contribution in [0.5, 0.6) is 0 Å². The van der Waals surface area contributed by atoms with Crippen molar-refractivity contribution in [2.75, 3.05) is 7.05 Å². The van der Waals surface area contributed by atoms with Crippen LogP contribution < -0.4 is 5.32 Å². The summed E-state index contributed by atoms with van der Waals surface area (Å²) in [5.74, 6) is 0. The maximum atomic E-state index is 4.73. The lowest BCUT2D eigenvalue weighted by Crippen LogP contribution is -2.17. The Balaban J connectivity index is 2.03. The van der Waals surface area contributed by atoms with Crippen LogP contribution in [-0.2, 0) is 13.0 Å². The van der Waals surface area contributed by atoms with Gasteiger partial charge in [0.05, 0.1) is 5.69 Å². The normalized spacial score (nSPS) is 12.6. The Hall–Kier alpha value is -1.61. The van der Waals surface area contributed by atoms with E-state index >= 15 is 0 Å². The Morgan fingerprint density at radius 2 is 1.90 bits per heavy atom. The number of aromatic nitrogens is 2. The van der Waals surface area contributed by atoms with Crippen molar-refractivity contribution in [3.05, 3.63) is 52.8 Å². The standard InChI is InChI=1S/C18H27N3/c1-5-17(19-4)18-14(2)20-21(15(18)3)13-9-12-16-10-7-6-8-11-16/h6-8,10-11,17,19H,5,9,12-13H2,1-4H3. The van der Waals surface area contributed by atoms with Gasteiger partial charge in [0, 0.05) is 23.8 Å². The fraction of sp³-hybridized carbons (Fsp3) is 0.500. The third-order valence-corrected chi connectivity index (χ3v) is 4.22. The van der Waals surface area contributed by atoms with Crippen molar-refractivity contribution in [3.8, 4) is 0 Å². The van der Waals surface area contributed by atoms with Gasteiger partial charge in [-0.3, -0.25) is 4.68 Å². The fourth-order valence-corrected chi connectivity index (χ4v) is 3.06. The summed E-state index contributed by atoms with van der Waals surface area (Å²) < 4.78 is 2.17. The third kappa shape index (κ3) is 3.73. The summed E-state index contributed by atoms with van der Waals surface area (Å²) in [4.78, 5) is 0. The van der Waals surface area contributed by atoms with Gasteiger partial charge in [-0.1, -0.05) is 37.3 Å².